The molecule has 0 radical (unpaired) electrons. The van der Waals surface area contributed by atoms with Crippen molar-refractivity contribution in [3.05, 3.63) is 35.1 Å². The zero-order chi connectivity index (χ0) is 12.7. The molecule has 0 amide bonds. The molecule has 17 heavy (non-hydrogen) atoms. The van der Waals surface area contributed by atoms with Crippen LogP contribution in [-0.2, 0) is 6.54 Å². The molecule has 0 unspecified atom stereocenters. The summed E-state index contributed by atoms with van der Waals surface area (Å²) in [6.45, 7) is 0.846. The van der Waals surface area contributed by atoms with Crippen molar-refractivity contribution in [3.8, 4) is 12.3 Å². The number of nitrogens with one attached hydrogen (secondary N) is 1. The topological polar surface area (TPSA) is 12.0 Å². The lowest BCUT2D eigenvalue weighted by molar-refractivity contribution is 0.486. The summed E-state index contributed by atoms with van der Waals surface area (Å²) in [6, 6.07) is 1.43. The molecule has 0 aliphatic rings. The highest BCUT2D eigenvalue weighted by atomic mass is 19.2. The van der Waals surface area contributed by atoms with E-state index in [0.29, 0.717) is 19.0 Å². The van der Waals surface area contributed by atoms with Gasteiger partial charge in [0.2, 0.25) is 0 Å². The molecule has 0 bridgehead atoms. The Morgan fingerprint density at radius 2 is 1.76 bits per heavy atom. The molecule has 0 fully saturated rings. The molecule has 0 aliphatic heterocycles. The second-order valence-corrected chi connectivity index (χ2v) is 3.70. The Bertz CT molecular complexity index is 410. The lowest BCUT2D eigenvalue weighted by Crippen LogP contribution is -2.16. The maximum Gasteiger partial charge on any atom is 0.161 e. The number of benzene rings is 1. The van der Waals surface area contributed by atoms with Crippen molar-refractivity contribution in [3.63, 3.8) is 0 Å². The Balaban J connectivity index is 2.37. The predicted octanol–water partition coefficient (Wildman–Crippen LogP) is 3.00. The van der Waals surface area contributed by atoms with Gasteiger partial charge in [0.1, 0.15) is 5.82 Å². The molecule has 92 valence electrons. The highest BCUT2D eigenvalue weighted by Gasteiger charge is 2.08. The van der Waals surface area contributed by atoms with Crippen LogP contribution >= 0.6 is 0 Å². The van der Waals surface area contributed by atoms with Gasteiger partial charge >= 0.3 is 0 Å². The van der Waals surface area contributed by atoms with Gasteiger partial charge in [-0.15, -0.1) is 12.3 Å². The first-order valence-electron chi connectivity index (χ1n) is 5.42. The van der Waals surface area contributed by atoms with Crippen molar-refractivity contribution in [1.82, 2.24) is 5.32 Å². The molecule has 0 atom stereocenters. The van der Waals surface area contributed by atoms with Crippen molar-refractivity contribution < 1.29 is 13.2 Å². The van der Waals surface area contributed by atoms with Crippen LogP contribution < -0.4 is 5.32 Å². The number of rotatable bonds is 6. The zero-order valence-electron chi connectivity index (χ0n) is 9.40. The molecule has 0 aliphatic carbocycles. The van der Waals surface area contributed by atoms with Crippen LogP contribution in [0.4, 0.5) is 13.2 Å². The minimum atomic E-state index is -1.17. The van der Waals surface area contributed by atoms with Crippen LogP contribution in [0.1, 0.15) is 24.8 Å². The largest absolute Gasteiger partial charge is 0.313 e. The highest BCUT2D eigenvalue weighted by Crippen LogP contribution is 2.13. The first kappa shape index (κ1) is 13.6. The molecule has 0 aromatic heterocycles. The number of unbranched alkanes of at least 4 members (excludes halogenated alkanes) is 2. The van der Waals surface area contributed by atoms with Crippen molar-refractivity contribution >= 4 is 0 Å². The summed E-state index contributed by atoms with van der Waals surface area (Å²) < 4.78 is 38.7. The molecule has 1 rings (SSSR count). The van der Waals surface area contributed by atoms with Crippen molar-refractivity contribution in [2.45, 2.75) is 25.8 Å². The predicted molar refractivity (Wildman–Crippen MR) is 60.7 cm³/mol. The van der Waals surface area contributed by atoms with E-state index >= 15 is 0 Å². The number of hydrogen-bond acceptors (Lipinski definition) is 1. The number of halogens is 3. The summed E-state index contributed by atoms with van der Waals surface area (Å²) in [5, 5.41) is 2.95. The van der Waals surface area contributed by atoms with Gasteiger partial charge in [-0.25, -0.2) is 13.2 Å². The van der Waals surface area contributed by atoms with Crippen LogP contribution in [0, 0.1) is 29.8 Å². The van der Waals surface area contributed by atoms with E-state index in [0.717, 1.165) is 18.9 Å². The van der Waals surface area contributed by atoms with E-state index in [-0.39, 0.29) is 12.1 Å². The van der Waals surface area contributed by atoms with Gasteiger partial charge in [-0.1, -0.05) is 0 Å². The SMILES string of the molecule is C#CCCCCNCc1cc(F)c(F)cc1F. The van der Waals surface area contributed by atoms with E-state index < -0.39 is 17.5 Å². The minimum Gasteiger partial charge on any atom is -0.313 e. The lowest BCUT2D eigenvalue weighted by atomic mass is 10.2. The van der Waals surface area contributed by atoms with Crippen LogP contribution in [0.2, 0.25) is 0 Å². The summed E-state index contributed by atoms with van der Waals surface area (Å²) in [4.78, 5) is 0. The summed E-state index contributed by atoms with van der Waals surface area (Å²) in [5.41, 5.74) is 0.126. The molecule has 0 heterocycles. The molecule has 1 aromatic carbocycles. The fourth-order valence-corrected chi connectivity index (χ4v) is 1.40. The molecule has 0 spiro atoms. The van der Waals surface area contributed by atoms with Gasteiger partial charge in [-0.2, -0.15) is 0 Å². The second kappa shape index (κ2) is 6.97. The third kappa shape index (κ3) is 4.49. The second-order valence-electron chi connectivity index (χ2n) is 3.70. The van der Waals surface area contributed by atoms with Gasteiger partial charge in [-0.05, 0) is 25.5 Å². The Morgan fingerprint density at radius 3 is 2.47 bits per heavy atom. The van der Waals surface area contributed by atoms with Gasteiger partial charge in [0.25, 0.3) is 0 Å². The van der Waals surface area contributed by atoms with Crippen LogP contribution in [0.25, 0.3) is 0 Å². The zero-order valence-corrected chi connectivity index (χ0v) is 9.40. The van der Waals surface area contributed by atoms with Gasteiger partial charge < -0.3 is 5.32 Å². The van der Waals surface area contributed by atoms with E-state index in [4.69, 9.17) is 6.42 Å². The molecule has 0 saturated heterocycles. The maximum atomic E-state index is 13.2. The highest BCUT2D eigenvalue weighted by molar-refractivity contribution is 5.19. The fourth-order valence-electron chi connectivity index (χ4n) is 1.40. The van der Waals surface area contributed by atoms with Crippen LogP contribution in [0.5, 0.6) is 0 Å². The van der Waals surface area contributed by atoms with Crippen molar-refractivity contribution in [1.29, 1.82) is 0 Å². The minimum absolute atomic E-state index is 0.126. The molecular weight excluding hydrogens is 227 g/mol. The molecule has 0 saturated carbocycles. The fraction of sp³-hybridized carbons (Fsp3) is 0.385. The first-order valence-corrected chi connectivity index (χ1v) is 5.42. The first-order chi connectivity index (χ1) is 8.15. The third-order valence-electron chi connectivity index (χ3n) is 2.33. The van der Waals surface area contributed by atoms with Crippen molar-refractivity contribution in [2.24, 2.45) is 0 Å². The van der Waals surface area contributed by atoms with Gasteiger partial charge in [0, 0.05) is 24.6 Å². The standard InChI is InChI=1S/C13H14F3N/c1-2-3-4-5-6-17-9-10-7-12(15)13(16)8-11(10)14/h1,7-8,17H,3-6,9H2. The van der Waals surface area contributed by atoms with E-state index in [9.17, 15) is 13.2 Å². The molecule has 1 aromatic rings. The van der Waals surface area contributed by atoms with Crippen molar-refractivity contribution in [2.75, 3.05) is 6.54 Å². The molecule has 1 nitrogen and oxygen atoms in total. The Labute approximate surface area is 99.0 Å². The monoisotopic (exact) mass is 241 g/mol. The van der Waals surface area contributed by atoms with E-state index in [1.165, 1.54) is 0 Å². The van der Waals surface area contributed by atoms with E-state index in [1.807, 2.05) is 0 Å². The Hall–Kier alpha value is -1.47. The quantitative estimate of drug-likeness (QED) is 0.458. The Kier molecular flexibility index (Phi) is 5.58. The van der Waals surface area contributed by atoms with Crippen LogP contribution in [0.3, 0.4) is 0 Å². The number of hydrogen-bond donors (Lipinski definition) is 1. The molecular formula is C13H14F3N. The van der Waals surface area contributed by atoms with Crippen LogP contribution in [-0.4, -0.2) is 6.54 Å². The Morgan fingerprint density at radius 1 is 1.06 bits per heavy atom. The lowest BCUT2D eigenvalue weighted by Gasteiger charge is -2.06. The average molecular weight is 241 g/mol. The summed E-state index contributed by atoms with van der Waals surface area (Å²) >= 11 is 0. The molecule has 1 N–H and O–H groups in total. The van der Waals surface area contributed by atoms with E-state index in [2.05, 4.69) is 11.2 Å². The van der Waals surface area contributed by atoms with Gasteiger partial charge in [0.05, 0.1) is 0 Å². The third-order valence-corrected chi connectivity index (χ3v) is 2.33. The van der Waals surface area contributed by atoms with Crippen LogP contribution in [0.15, 0.2) is 12.1 Å². The normalized spacial score (nSPS) is 10.2. The van der Waals surface area contributed by atoms with Gasteiger partial charge in [0.15, 0.2) is 11.6 Å². The summed E-state index contributed by atoms with van der Waals surface area (Å²) in [7, 11) is 0. The maximum absolute atomic E-state index is 13.2. The van der Waals surface area contributed by atoms with Gasteiger partial charge in [-0.3, -0.25) is 0 Å². The van der Waals surface area contributed by atoms with E-state index in [1.54, 1.807) is 0 Å². The summed E-state index contributed by atoms with van der Waals surface area (Å²) in [5.74, 6) is -0.414. The summed E-state index contributed by atoms with van der Waals surface area (Å²) in [6.07, 6.45) is 7.56. The smallest absolute Gasteiger partial charge is 0.161 e. The average Bonchev–Trinajstić information content (AvgIpc) is 2.30. The number of terminal acetylenes is 1. The molecule has 4 heteroatoms.